The maximum absolute atomic E-state index is 9.16. The van der Waals surface area contributed by atoms with Crippen molar-refractivity contribution in [1.82, 2.24) is 0 Å². The van der Waals surface area contributed by atoms with E-state index in [0.29, 0.717) is 0 Å². The zero-order valence-electron chi connectivity index (χ0n) is 10.9. The Morgan fingerprint density at radius 3 is 2.63 bits per heavy atom. The molecule has 3 heteroatoms. The van der Waals surface area contributed by atoms with E-state index in [0.717, 1.165) is 22.7 Å². The van der Waals surface area contributed by atoms with Gasteiger partial charge in [0.25, 0.3) is 0 Å². The molecule has 0 heterocycles. The molecule has 2 aromatic rings. The second-order valence-corrected chi connectivity index (χ2v) is 4.96. The average molecular weight is 276 g/mol. The first kappa shape index (κ1) is 13.9. The van der Waals surface area contributed by atoms with Crippen LogP contribution < -0.4 is 5.32 Å². The van der Waals surface area contributed by atoms with E-state index >= 15 is 0 Å². The van der Waals surface area contributed by atoms with Gasteiger partial charge in [-0.15, -0.1) is 0 Å². The monoisotopic (exact) mass is 275 g/mol. The average Bonchev–Trinajstić information content (AvgIpc) is 2.45. The van der Waals surface area contributed by atoms with Crippen molar-refractivity contribution >= 4 is 17.3 Å². The van der Waals surface area contributed by atoms with Crippen LogP contribution in [0.1, 0.15) is 30.5 Å². The molecule has 0 aromatic heterocycles. The number of halogens is 1. The molecular formula is C16H18ClNO. The minimum atomic E-state index is 0.0590. The smallest absolute Gasteiger partial charge is 0.0682 e. The van der Waals surface area contributed by atoms with Crippen LogP contribution >= 0.6 is 11.6 Å². The molecule has 2 nitrogen and oxygen atoms in total. The van der Waals surface area contributed by atoms with Crippen molar-refractivity contribution < 1.29 is 5.11 Å². The highest BCUT2D eigenvalue weighted by molar-refractivity contribution is 6.30. The zero-order chi connectivity index (χ0) is 13.7. The molecule has 1 atom stereocenters. The molecule has 0 saturated carbocycles. The lowest BCUT2D eigenvalue weighted by Crippen LogP contribution is -2.09. The Balaban J connectivity index is 2.18. The molecule has 0 fully saturated rings. The number of anilines is 1. The Hall–Kier alpha value is -1.51. The number of hydrogen-bond donors (Lipinski definition) is 2. The normalized spacial score (nSPS) is 12.2. The Morgan fingerprint density at radius 2 is 1.95 bits per heavy atom. The summed E-state index contributed by atoms with van der Waals surface area (Å²) in [5.41, 5.74) is 3.09. The molecule has 0 aliphatic rings. The van der Waals surface area contributed by atoms with E-state index in [9.17, 15) is 0 Å². The van der Waals surface area contributed by atoms with Crippen LogP contribution in [-0.2, 0) is 6.61 Å². The van der Waals surface area contributed by atoms with Crippen molar-refractivity contribution in [3.63, 3.8) is 0 Å². The van der Waals surface area contributed by atoms with Crippen molar-refractivity contribution in [1.29, 1.82) is 0 Å². The summed E-state index contributed by atoms with van der Waals surface area (Å²) in [6, 6.07) is 15.9. The predicted octanol–water partition coefficient (Wildman–Crippen LogP) is 4.40. The van der Waals surface area contributed by atoms with Crippen LogP contribution in [0.5, 0.6) is 0 Å². The van der Waals surface area contributed by atoms with Gasteiger partial charge in [0.15, 0.2) is 0 Å². The summed E-state index contributed by atoms with van der Waals surface area (Å²) in [7, 11) is 0. The fraction of sp³-hybridized carbons (Fsp3) is 0.250. The zero-order valence-corrected chi connectivity index (χ0v) is 11.7. The van der Waals surface area contributed by atoms with Crippen LogP contribution in [0.3, 0.4) is 0 Å². The Labute approximate surface area is 119 Å². The van der Waals surface area contributed by atoms with Crippen LogP contribution in [0.25, 0.3) is 0 Å². The lowest BCUT2D eigenvalue weighted by atomic mass is 10.0. The van der Waals surface area contributed by atoms with Gasteiger partial charge in [0.05, 0.1) is 12.6 Å². The molecule has 0 aliphatic carbocycles. The third kappa shape index (κ3) is 3.72. The van der Waals surface area contributed by atoms with Crippen molar-refractivity contribution in [2.75, 3.05) is 5.32 Å². The van der Waals surface area contributed by atoms with Crippen LogP contribution in [0.15, 0.2) is 48.5 Å². The van der Waals surface area contributed by atoms with E-state index in [1.807, 2.05) is 42.5 Å². The molecule has 0 bridgehead atoms. The van der Waals surface area contributed by atoms with Gasteiger partial charge in [0.2, 0.25) is 0 Å². The largest absolute Gasteiger partial charge is 0.392 e. The standard InChI is InChI=1S/C16H18ClNO/c1-2-16(13-6-4-7-14(17)10-13)18-15-8-3-5-12(9-15)11-19/h3-10,16,18-19H,2,11H2,1H3. The maximum atomic E-state index is 9.16. The quantitative estimate of drug-likeness (QED) is 0.848. The van der Waals surface area contributed by atoms with E-state index in [1.54, 1.807) is 0 Å². The van der Waals surface area contributed by atoms with Gasteiger partial charge >= 0.3 is 0 Å². The highest BCUT2D eigenvalue weighted by Gasteiger charge is 2.09. The number of rotatable bonds is 5. The number of hydrogen-bond acceptors (Lipinski definition) is 2. The Morgan fingerprint density at radius 1 is 1.16 bits per heavy atom. The Kier molecular flexibility index (Phi) is 4.83. The number of nitrogens with one attached hydrogen (secondary N) is 1. The number of aliphatic hydroxyl groups excluding tert-OH is 1. The molecule has 100 valence electrons. The SMILES string of the molecule is CCC(Nc1cccc(CO)c1)c1cccc(Cl)c1. The summed E-state index contributed by atoms with van der Waals surface area (Å²) in [4.78, 5) is 0. The van der Waals surface area contributed by atoms with Gasteiger partial charge in [-0.05, 0) is 41.8 Å². The third-order valence-electron chi connectivity index (χ3n) is 3.11. The van der Waals surface area contributed by atoms with Crippen LogP contribution in [0.2, 0.25) is 5.02 Å². The highest BCUT2D eigenvalue weighted by atomic mass is 35.5. The Bertz CT molecular complexity index is 542. The van der Waals surface area contributed by atoms with Crippen LogP contribution in [-0.4, -0.2) is 5.11 Å². The van der Waals surface area contributed by atoms with Crippen molar-refractivity contribution in [2.45, 2.75) is 26.0 Å². The highest BCUT2D eigenvalue weighted by Crippen LogP contribution is 2.25. The van der Waals surface area contributed by atoms with Gasteiger partial charge in [0.1, 0.15) is 0 Å². The lowest BCUT2D eigenvalue weighted by molar-refractivity contribution is 0.282. The molecule has 2 aromatic carbocycles. The minimum absolute atomic E-state index is 0.0590. The van der Waals surface area contributed by atoms with E-state index < -0.39 is 0 Å². The van der Waals surface area contributed by atoms with Gasteiger partial charge < -0.3 is 10.4 Å². The summed E-state index contributed by atoms with van der Waals surface area (Å²) >= 11 is 6.04. The van der Waals surface area contributed by atoms with Gasteiger partial charge in [-0.25, -0.2) is 0 Å². The number of benzene rings is 2. The molecule has 2 rings (SSSR count). The predicted molar refractivity (Wildman–Crippen MR) is 80.5 cm³/mol. The summed E-state index contributed by atoms with van der Waals surface area (Å²) in [6.07, 6.45) is 0.962. The molecule has 0 amide bonds. The van der Waals surface area contributed by atoms with Crippen LogP contribution in [0, 0.1) is 0 Å². The minimum Gasteiger partial charge on any atom is -0.392 e. The molecule has 0 radical (unpaired) electrons. The fourth-order valence-electron chi connectivity index (χ4n) is 2.11. The summed E-state index contributed by atoms with van der Waals surface area (Å²) in [5, 5.41) is 13.4. The lowest BCUT2D eigenvalue weighted by Gasteiger charge is -2.19. The molecule has 0 aliphatic heterocycles. The molecule has 2 N–H and O–H groups in total. The summed E-state index contributed by atoms with van der Waals surface area (Å²) in [5.74, 6) is 0. The van der Waals surface area contributed by atoms with Gasteiger partial charge in [-0.2, -0.15) is 0 Å². The molecular weight excluding hydrogens is 258 g/mol. The molecule has 1 unspecified atom stereocenters. The van der Waals surface area contributed by atoms with Crippen LogP contribution in [0.4, 0.5) is 5.69 Å². The number of aliphatic hydroxyl groups is 1. The molecule has 19 heavy (non-hydrogen) atoms. The van der Waals surface area contributed by atoms with Crippen molar-refractivity contribution in [3.05, 3.63) is 64.7 Å². The van der Waals surface area contributed by atoms with E-state index in [2.05, 4.69) is 18.3 Å². The maximum Gasteiger partial charge on any atom is 0.0682 e. The van der Waals surface area contributed by atoms with Gasteiger partial charge in [0, 0.05) is 10.7 Å². The van der Waals surface area contributed by atoms with Crippen molar-refractivity contribution in [3.8, 4) is 0 Å². The van der Waals surface area contributed by atoms with E-state index in [-0.39, 0.29) is 12.6 Å². The third-order valence-corrected chi connectivity index (χ3v) is 3.34. The van der Waals surface area contributed by atoms with E-state index in [4.69, 9.17) is 16.7 Å². The molecule has 0 saturated heterocycles. The second-order valence-electron chi connectivity index (χ2n) is 4.52. The second kappa shape index (κ2) is 6.60. The summed E-state index contributed by atoms with van der Waals surface area (Å²) < 4.78 is 0. The van der Waals surface area contributed by atoms with Crippen molar-refractivity contribution in [2.24, 2.45) is 0 Å². The fourth-order valence-corrected chi connectivity index (χ4v) is 2.30. The molecule has 0 spiro atoms. The first-order valence-corrected chi connectivity index (χ1v) is 6.82. The van der Waals surface area contributed by atoms with Gasteiger partial charge in [-0.1, -0.05) is 42.8 Å². The first-order chi connectivity index (χ1) is 9.22. The summed E-state index contributed by atoms with van der Waals surface area (Å²) in [6.45, 7) is 2.19. The van der Waals surface area contributed by atoms with E-state index in [1.165, 1.54) is 5.56 Å². The van der Waals surface area contributed by atoms with Gasteiger partial charge in [-0.3, -0.25) is 0 Å². The topological polar surface area (TPSA) is 32.3 Å². The first-order valence-electron chi connectivity index (χ1n) is 6.44.